The number of carbonyl (C=O) groups is 1. The van der Waals surface area contributed by atoms with Gasteiger partial charge in [-0.1, -0.05) is 22.0 Å². The van der Waals surface area contributed by atoms with Crippen molar-refractivity contribution in [2.75, 3.05) is 0 Å². The lowest BCUT2D eigenvalue weighted by Gasteiger charge is -2.01. The fourth-order valence-corrected chi connectivity index (χ4v) is 2.34. The highest BCUT2D eigenvalue weighted by atomic mass is 79.9. The van der Waals surface area contributed by atoms with Gasteiger partial charge in [-0.05, 0) is 30.3 Å². The van der Waals surface area contributed by atoms with Gasteiger partial charge in [0.1, 0.15) is 5.69 Å². The van der Waals surface area contributed by atoms with Crippen molar-refractivity contribution in [3.63, 3.8) is 0 Å². The Balaban J connectivity index is 2.12. The molecule has 0 fully saturated rings. The lowest BCUT2D eigenvalue weighted by Crippen LogP contribution is -1.94. The molecule has 0 atom stereocenters. The van der Waals surface area contributed by atoms with Crippen LogP contribution >= 0.6 is 15.9 Å². The van der Waals surface area contributed by atoms with E-state index in [0.29, 0.717) is 11.3 Å². The van der Waals surface area contributed by atoms with Gasteiger partial charge >= 0.3 is 0 Å². The zero-order valence-electron chi connectivity index (χ0n) is 10.4. The second-order valence-corrected chi connectivity index (χ2v) is 5.13. The normalized spacial score (nSPS) is 10.4. The summed E-state index contributed by atoms with van der Waals surface area (Å²) in [4.78, 5) is 15.3. The van der Waals surface area contributed by atoms with Crippen LogP contribution in [0.15, 0.2) is 59.5 Å². The van der Waals surface area contributed by atoms with E-state index in [2.05, 4.69) is 26.0 Å². The summed E-state index contributed by atoms with van der Waals surface area (Å²) < 4.78 is 2.65. The average Bonchev–Trinajstić information content (AvgIpc) is 2.92. The first kappa shape index (κ1) is 12.7. The molecule has 3 aromatic rings. The summed E-state index contributed by atoms with van der Waals surface area (Å²) in [5, 5.41) is 4.49. The molecule has 98 valence electrons. The van der Waals surface area contributed by atoms with Gasteiger partial charge in [0.15, 0.2) is 6.29 Å². The lowest BCUT2D eigenvalue weighted by atomic mass is 10.1. The molecule has 0 amide bonds. The topological polar surface area (TPSA) is 47.8 Å². The van der Waals surface area contributed by atoms with Gasteiger partial charge in [-0.15, -0.1) is 0 Å². The third-order valence-electron chi connectivity index (χ3n) is 2.88. The molecule has 0 radical (unpaired) electrons. The molecule has 20 heavy (non-hydrogen) atoms. The van der Waals surface area contributed by atoms with Crippen LogP contribution in [-0.4, -0.2) is 21.1 Å². The smallest absolute Gasteiger partial charge is 0.153 e. The minimum Gasteiger partial charge on any atom is -0.298 e. The molecule has 0 bridgehead atoms. The van der Waals surface area contributed by atoms with Gasteiger partial charge in [0, 0.05) is 28.6 Å². The molecular formula is C15H10BrN3O. The van der Waals surface area contributed by atoms with E-state index in [4.69, 9.17) is 0 Å². The molecule has 3 rings (SSSR count). The molecule has 4 nitrogen and oxygen atoms in total. The number of halogens is 1. The molecule has 0 unspecified atom stereocenters. The van der Waals surface area contributed by atoms with Crippen LogP contribution in [0.4, 0.5) is 0 Å². The standard InChI is InChI=1S/C15H10BrN3O/c16-13-4-1-5-14(7-13)19-9-12(10-20)15(18-19)11-3-2-6-17-8-11/h1-10H. The van der Waals surface area contributed by atoms with Crippen LogP contribution in [-0.2, 0) is 0 Å². The Bertz CT molecular complexity index is 753. The quantitative estimate of drug-likeness (QED) is 0.691. The minimum absolute atomic E-state index is 0.540. The van der Waals surface area contributed by atoms with Gasteiger partial charge in [-0.3, -0.25) is 9.78 Å². The van der Waals surface area contributed by atoms with Crippen molar-refractivity contribution in [3.05, 3.63) is 65.0 Å². The summed E-state index contributed by atoms with van der Waals surface area (Å²) >= 11 is 3.43. The number of rotatable bonds is 3. The molecule has 2 heterocycles. The van der Waals surface area contributed by atoms with Crippen molar-refractivity contribution in [2.24, 2.45) is 0 Å². The number of benzene rings is 1. The Kier molecular flexibility index (Phi) is 3.43. The maximum atomic E-state index is 11.2. The fourth-order valence-electron chi connectivity index (χ4n) is 1.95. The molecule has 0 aliphatic carbocycles. The van der Waals surface area contributed by atoms with E-state index in [9.17, 15) is 4.79 Å². The Labute approximate surface area is 124 Å². The molecule has 0 N–H and O–H groups in total. The first-order chi connectivity index (χ1) is 9.78. The Morgan fingerprint density at radius 2 is 2.10 bits per heavy atom. The summed E-state index contributed by atoms with van der Waals surface area (Å²) in [6.45, 7) is 0. The number of nitrogens with zero attached hydrogens (tertiary/aromatic N) is 3. The molecule has 0 aliphatic rings. The highest BCUT2D eigenvalue weighted by Crippen LogP contribution is 2.22. The van der Waals surface area contributed by atoms with Crippen LogP contribution in [0.3, 0.4) is 0 Å². The average molecular weight is 328 g/mol. The van der Waals surface area contributed by atoms with Crippen LogP contribution in [0, 0.1) is 0 Å². The third-order valence-corrected chi connectivity index (χ3v) is 3.37. The van der Waals surface area contributed by atoms with Gasteiger partial charge in [-0.2, -0.15) is 5.10 Å². The van der Waals surface area contributed by atoms with Gasteiger partial charge in [-0.25, -0.2) is 4.68 Å². The van der Waals surface area contributed by atoms with Gasteiger partial charge < -0.3 is 0 Å². The molecule has 0 saturated carbocycles. The van der Waals surface area contributed by atoms with E-state index in [0.717, 1.165) is 22.0 Å². The van der Waals surface area contributed by atoms with Crippen LogP contribution in [0.2, 0.25) is 0 Å². The van der Waals surface area contributed by atoms with E-state index >= 15 is 0 Å². The second-order valence-electron chi connectivity index (χ2n) is 4.22. The molecule has 0 spiro atoms. The van der Waals surface area contributed by atoms with Gasteiger partial charge in [0.25, 0.3) is 0 Å². The molecule has 1 aromatic carbocycles. The SMILES string of the molecule is O=Cc1cn(-c2cccc(Br)c2)nc1-c1cccnc1. The van der Waals surface area contributed by atoms with Gasteiger partial charge in [0.2, 0.25) is 0 Å². The van der Waals surface area contributed by atoms with E-state index in [1.807, 2.05) is 36.4 Å². The highest BCUT2D eigenvalue weighted by molar-refractivity contribution is 9.10. The number of aldehydes is 1. The summed E-state index contributed by atoms with van der Waals surface area (Å²) in [6, 6.07) is 11.4. The molecule has 0 aliphatic heterocycles. The molecule has 2 aromatic heterocycles. The van der Waals surface area contributed by atoms with E-state index in [1.54, 1.807) is 23.3 Å². The van der Waals surface area contributed by atoms with Crippen molar-refractivity contribution in [1.29, 1.82) is 0 Å². The van der Waals surface area contributed by atoms with Crippen LogP contribution < -0.4 is 0 Å². The first-order valence-electron chi connectivity index (χ1n) is 5.99. The number of hydrogen-bond donors (Lipinski definition) is 0. The van der Waals surface area contributed by atoms with Crippen molar-refractivity contribution in [1.82, 2.24) is 14.8 Å². The highest BCUT2D eigenvalue weighted by Gasteiger charge is 2.11. The van der Waals surface area contributed by atoms with E-state index in [-0.39, 0.29) is 0 Å². The summed E-state index contributed by atoms with van der Waals surface area (Å²) in [5.41, 5.74) is 2.88. The number of pyridine rings is 1. The van der Waals surface area contributed by atoms with Gasteiger partial charge in [0.05, 0.1) is 11.3 Å². The number of hydrogen-bond acceptors (Lipinski definition) is 3. The zero-order valence-corrected chi connectivity index (χ0v) is 12.0. The largest absolute Gasteiger partial charge is 0.298 e. The first-order valence-corrected chi connectivity index (χ1v) is 6.78. The van der Waals surface area contributed by atoms with Crippen LogP contribution in [0.1, 0.15) is 10.4 Å². The predicted octanol–water partition coefficient (Wildman–Crippen LogP) is 3.51. The van der Waals surface area contributed by atoms with Crippen LogP contribution in [0.5, 0.6) is 0 Å². The Hall–Kier alpha value is -2.27. The van der Waals surface area contributed by atoms with Crippen molar-refractivity contribution >= 4 is 22.2 Å². The lowest BCUT2D eigenvalue weighted by molar-refractivity contribution is 0.112. The van der Waals surface area contributed by atoms with E-state index in [1.165, 1.54) is 0 Å². The maximum Gasteiger partial charge on any atom is 0.153 e. The third kappa shape index (κ3) is 2.40. The summed E-state index contributed by atoms with van der Waals surface area (Å²) in [5.74, 6) is 0. The summed E-state index contributed by atoms with van der Waals surface area (Å²) in [6.07, 6.45) is 5.91. The zero-order chi connectivity index (χ0) is 13.9. The van der Waals surface area contributed by atoms with Crippen molar-refractivity contribution in [3.8, 4) is 16.9 Å². The Morgan fingerprint density at radius 3 is 2.80 bits per heavy atom. The maximum absolute atomic E-state index is 11.2. The van der Waals surface area contributed by atoms with Crippen molar-refractivity contribution < 1.29 is 4.79 Å². The monoisotopic (exact) mass is 327 g/mol. The number of carbonyl (C=O) groups excluding carboxylic acids is 1. The Morgan fingerprint density at radius 1 is 1.20 bits per heavy atom. The second kappa shape index (κ2) is 5.38. The van der Waals surface area contributed by atoms with Crippen molar-refractivity contribution in [2.45, 2.75) is 0 Å². The predicted molar refractivity (Wildman–Crippen MR) is 79.9 cm³/mol. The fraction of sp³-hybridized carbons (Fsp3) is 0. The molecule has 0 saturated heterocycles. The van der Waals surface area contributed by atoms with Crippen LogP contribution in [0.25, 0.3) is 16.9 Å². The number of aromatic nitrogens is 3. The molecular weight excluding hydrogens is 318 g/mol. The summed E-state index contributed by atoms with van der Waals surface area (Å²) in [7, 11) is 0. The van der Waals surface area contributed by atoms with E-state index < -0.39 is 0 Å². The minimum atomic E-state index is 0.540. The molecule has 5 heteroatoms.